The van der Waals surface area contributed by atoms with Gasteiger partial charge < -0.3 is 9.84 Å². The van der Waals surface area contributed by atoms with Gasteiger partial charge in [0.25, 0.3) is 0 Å². The summed E-state index contributed by atoms with van der Waals surface area (Å²) in [5.41, 5.74) is 0.545. The van der Waals surface area contributed by atoms with Gasteiger partial charge in [0.1, 0.15) is 5.75 Å². The van der Waals surface area contributed by atoms with Crippen molar-refractivity contribution in [1.29, 1.82) is 0 Å². The van der Waals surface area contributed by atoms with Crippen LogP contribution in [0.25, 0.3) is 0 Å². The Morgan fingerprint density at radius 1 is 1.18 bits per heavy atom. The number of benzene rings is 1. The van der Waals surface area contributed by atoms with Gasteiger partial charge in [0, 0.05) is 5.57 Å². The van der Waals surface area contributed by atoms with Crippen molar-refractivity contribution in [2.45, 2.75) is 40.7 Å². The highest BCUT2D eigenvalue weighted by Gasteiger charge is 2.22. The fourth-order valence-corrected chi connectivity index (χ4v) is 1.46. The van der Waals surface area contributed by atoms with Gasteiger partial charge >= 0.3 is 5.97 Å². The number of hydrogen-bond acceptors (Lipinski definition) is 2. The SMILES string of the molecule is C=C/C=C(\C=C/C)C(Oc1ccccc1)C(=O)O.CC.CC. The van der Waals surface area contributed by atoms with Crippen LogP contribution in [-0.2, 0) is 4.79 Å². The molecular formula is C19H28O3. The fourth-order valence-electron chi connectivity index (χ4n) is 1.46. The zero-order chi connectivity index (χ0) is 17.4. The Morgan fingerprint density at radius 3 is 2.14 bits per heavy atom. The normalized spacial score (nSPS) is 11.4. The Hall–Kier alpha value is -2.29. The first-order valence-electron chi connectivity index (χ1n) is 7.59. The van der Waals surface area contributed by atoms with Gasteiger partial charge in [0.05, 0.1) is 0 Å². The minimum Gasteiger partial charge on any atom is -0.478 e. The summed E-state index contributed by atoms with van der Waals surface area (Å²) in [6.07, 6.45) is 5.59. The molecule has 0 spiro atoms. The quantitative estimate of drug-likeness (QED) is 0.729. The molecule has 22 heavy (non-hydrogen) atoms. The van der Waals surface area contributed by atoms with E-state index in [1.165, 1.54) is 0 Å². The van der Waals surface area contributed by atoms with Crippen molar-refractivity contribution in [3.8, 4) is 5.75 Å². The zero-order valence-electron chi connectivity index (χ0n) is 14.2. The van der Waals surface area contributed by atoms with Gasteiger partial charge in [-0.25, -0.2) is 4.79 Å². The minimum absolute atomic E-state index is 0.518. The van der Waals surface area contributed by atoms with Gasteiger partial charge in [-0.3, -0.25) is 0 Å². The van der Waals surface area contributed by atoms with Crippen molar-refractivity contribution in [3.05, 3.63) is 66.8 Å². The molecule has 1 aromatic rings. The Bertz CT molecular complexity index is 459. The third kappa shape index (κ3) is 8.80. The second-order valence-electron chi connectivity index (χ2n) is 3.55. The van der Waals surface area contributed by atoms with Crippen LogP contribution < -0.4 is 4.74 Å². The Balaban J connectivity index is 0. The lowest BCUT2D eigenvalue weighted by atomic mass is 10.1. The summed E-state index contributed by atoms with van der Waals surface area (Å²) < 4.78 is 5.48. The number of carboxylic acids is 1. The lowest BCUT2D eigenvalue weighted by Crippen LogP contribution is -2.28. The molecule has 1 unspecified atom stereocenters. The first-order chi connectivity index (χ1) is 10.7. The van der Waals surface area contributed by atoms with Crippen LogP contribution in [0.3, 0.4) is 0 Å². The standard InChI is InChI=1S/C15H16O3.2C2H6/c1-3-8-12(9-4-2)14(15(16)17)18-13-10-6-5-7-11-13;2*1-2/h3-11,14H,1H2,2H3,(H,16,17);2*1-2H3/b9-4-,12-8+;;. The second-order valence-corrected chi connectivity index (χ2v) is 3.55. The highest BCUT2D eigenvalue weighted by atomic mass is 16.5. The van der Waals surface area contributed by atoms with Gasteiger partial charge in [0.15, 0.2) is 0 Å². The van der Waals surface area contributed by atoms with E-state index in [1.54, 1.807) is 48.6 Å². The summed E-state index contributed by atoms with van der Waals surface area (Å²) in [6, 6.07) is 8.87. The van der Waals surface area contributed by atoms with Gasteiger partial charge in [-0.05, 0) is 19.1 Å². The number of carboxylic acid groups (broad SMARTS) is 1. The summed E-state index contributed by atoms with van der Waals surface area (Å²) in [5.74, 6) is -0.519. The molecule has 0 aliphatic carbocycles. The number of ether oxygens (including phenoxy) is 1. The van der Waals surface area contributed by atoms with Gasteiger partial charge in [-0.2, -0.15) is 0 Å². The van der Waals surface area contributed by atoms with Gasteiger partial charge in [0.2, 0.25) is 6.10 Å². The van der Waals surface area contributed by atoms with E-state index >= 15 is 0 Å². The van der Waals surface area contributed by atoms with E-state index in [-0.39, 0.29) is 0 Å². The molecule has 3 nitrogen and oxygen atoms in total. The molecule has 0 aromatic heterocycles. The van der Waals surface area contributed by atoms with E-state index < -0.39 is 12.1 Å². The number of rotatable bonds is 6. The van der Waals surface area contributed by atoms with Crippen LogP contribution >= 0.6 is 0 Å². The number of aliphatic carboxylic acids is 1. The van der Waals surface area contributed by atoms with E-state index in [9.17, 15) is 9.90 Å². The molecule has 1 N–H and O–H groups in total. The summed E-state index contributed by atoms with van der Waals surface area (Å²) in [7, 11) is 0. The molecule has 1 aromatic carbocycles. The first kappa shape index (κ1) is 22.0. The van der Waals surface area contributed by atoms with E-state index in [0.717, 1.165) is 0 Å². The van der Waals surface area contributed by atoms with E-state index in [2.05, 4.69) is 6.58 Å². The molecule has 122 valence electrons. The third-order valence-corrected chi connectivity index (χ3v) is 2.19. The van der Waals surface area contributed by atoms with Crippen molar-refractivity contribution in [2.24, 2.45) is 0 Å². The van der Waals surface area contributed by atoms with Gasteiger partial charge in [-0.15, -0.1) is 0 Å². The zero-order valence-corrected chi connectivity index (χ0v) is 14.2. The monoisotopic (exact) mass is 304 g/mol. The van der Waals surface area contributed by atoms with Crippen LogP contribution in [0.4, 0.5) is 0 Å². The Labute approximate surface area is 134 Å². The summed E-state index contributed by atoms with van der Waals surface area (Å²) in [6.45, 7) is 13.4. The second kappa shape index (κ2) is 15.1. The summed E-state index contributed by atoms with van der Waals surface area (Å²) in [4.78, 5) is 11.3. The smallest absolute Gasteiger partial charge is 0.349 e. The van der Waals surface area contributed by atoms with Crippen LogP contribution in [0.1, 0.15) is 34.6 Å². The Morgan fingerprint density at radius 2 is 1.73 bits per heavy atom. The molecule has 0 aliphatic rings. The molecule has 1 atom stereocenters. The molecule has 1 rings (SSSR count). The predicted octanol–water partition coefficient (Wildman–Crippen LogP) is 5.26. The highest BCUT2D eigenvalue weighted by Crippen LogP contribution is 2.16. The number of carbonyl (C=O) groups is 1. The highest BCUT2D eigenvalue weighted by molar-refractivity contribution is 5.78. The van der Waals surface area contributed by atoms with E-state index in [0.29, 0.717) is 11.3 Å². The van der Waals surface area contributed by atoms with Crippen molar-refractivity contribution in [2.75, 3.05) is 0 Å². The predicted molar refractivity (Wildman–Crippen MR) is 94.3 cm³/mol. The van der Waals surface area contributed by atoms with Crippen molar-refractivity contribution in [3.63, 3.8) is 0 Å². The maximum absolute atomic E-state index is 11.3. The van der Waals surface area contributed by atoms with Gasteiger partial charge in [-0.1, -0.05) is 76.8 Å². The third-order valence-electron chi connectivity index (χ3n) is 2.19. The van der Waals surface area contributed by atoms with Crippen molar-refractivity contribution < 1.29 is 14.6 Å². The van der Waals surface area contributed by atoms with Crippen molar-refractivity contribution in [1.82, 2.24) is 0 Å². The molecule has 0 radical (unpaired) electrons. The lowest BCUT2D eigenvalue weighted by Gasteiger charge is -2.16. The minimum atomic E-state index is -1.04. The Kier molecular flexibility index (Phi) is 15.1. The first-order valence-corrected chi connectivity index (χ1v) is 7.59. The van der Waals surface area contributed by atoms with Crippen LogP contribution in [0.2, 0.25) is 0 Å². The average molecular weight is 304 g/mol. The average Bonchev–Trinajstić information content (AvgIpc) is 2.57. The van der Waals surface area contributed by atoms with Crippen LogP contribution in [-0.4, -0.2) is 17.2 Å². The summed E-state index contributed by atoms with van der Waals surface area (Å²) in [5, 5.41) is 9.22. The number of allylic oxidation sites excluding steroid dienone is 3. The molecule has 0 bridgehead atoms. The molecule has 0 amide bonds. The van der Waals surface area contributed by atoms with Crippen LogP contribution in [0.5, 0.6) is 5.75 Å². The number of hydrogen-bond donors (Lipinski definition) is 1. The molecule has 0 heterocycles. The molecule has 3 heteroatoms. The van der Waals surface area contributed by atoms with E-state index in [4.69, 9.17) is 4.74 Å². The molecular weight excluding hydrogens is 276 g/mol. The maximum atomic E-state index is 11.3. The molecule has 0 fully saturated rings. The van der Waals surface area contributed by atoms with Crippen molar-refractivity contribution >= 4 is 5.97 Å². The van der Waals surface area contributed by atoms with Crippen LogP contribution in [0.15, 0.2) is 66.8 Å². The maximum Gasteiger partial charge on any atom is 0.349 e. The van der Waals surface area contributed by atoms with Crippen LogP contribution in [0, 0.1) is 0 Å². The number of para-hydroxylation sites is 1. The largest absolute Gasteiger partial charge is 0.478 e. The summed E-state index contributed by atoms with van der Waals surface area (Å²) >= 11 is 0. The topological polar surface area (TPSA) is 46.5 Å². The molecule has 0 saturated carbocycles. The fraction of sp³-hybridized carbons (Fsp3) is 0.316. The molecule has 0 aliphatic heterocycles. The molecule has 0 saturated heterocycles. The lowest BCUT2D eigenvalue weighted by molar-refractivity contribution is -0.143. The van der Waals surface area contributed by atoms with E-state index in [1.807, 2.05) is 40.7 Å².